The fourth-order valence-electron chi connectivity index (χ4n) is 10.3. The summed E-state index contributed by atoms with van der Waals surface area (Å²) in [7, 11) is 0. The van der Waals surface area contributed by atoms with Crippen LogP contribution in [0.5, 0.6) is 0 Å². The lowest BCUT2D eigenvalue weighted by Crippen LogP contribution is -2.12. The number of hydrogen-bond donors (Lipinski definition) is 0. The third kappa shape index (κ3) is 7.94. The van der Waals surface area contributed by atoms with Gasteiger partial charge in [0.25, 0.3) is 0 Å². The first-order valence-electron chi connectivity index (χ1n) is 24.3. The van der Waals surface area contributed by atoms with Gasteiger partial charge in [-0.05, 0) is 167 Å². The molecular weight excluding hydrogens is 845 g/mol. The van der Waals surface area contributed by atoms with Crippen molar-refractivity contribution in [3.63, 3.8) is 0 Å². The fraction of sp³-hybridized carbons (Fsp3) is 0.0588. The minimum atomic E-state index is 1.10. The first-order valence-corrected chi connectivity index (χ1v) is 24.3. The van der Waals surface area contributed by atoms with Crippen molar-refractivity contribution in [3.8, 4) is 44.5 Å². The van der Waals surface area contributed by atoms with Crippen LogP contribution in [-0.2, 0) is 0 Å². The zero-order valence-corrected chi connectivity index (χ0v) is 40.0. The Labute approximate surface area is 411 Å². The summed E-state index contributed by atoms with van der Waals surface area (Å²) in [4.78, 5) is 4.94. The second-order valence-corrected chi connectivity index (χ2v) is 18.9. The monoisotopic (exact) mass is 896 g/mol. The van der Waals surface area contributed by atoms with Gasteiger partial charge in [-0.1, -0.05) is 192 Å². The Morgan fingerprint density at radius 3 is 0.871 bits per heavy atom. The van der Waals surface area contributed by atoms with E-state index in [1.54, 1.807) is 0 Å². The highest BCUT2D eigenvalue weighted by molar-refractivity contribution is 6.28. The van der Waals surface area contributed by atoms with Gasteiger partial charge in [-0.2, -0.15) is 0 Å². The number of rotatable bonds is 10. The van der Waals surface area contributed by atoms with Gasteiger partial charge in [-0.25, -0.2) is 0 Å². The normalized spacial score (nSPS) is 11.4. The molecule has 12 aromatic carbocycles. The Bertz CT molecular complexity index is 3560. The van der Waals surface area contributed by atoms with Crippen molar-refractivity contribution in [2.45, 2.75) is 27.7 Å². The first kappa shape index (κ1) is 42.6. The minimum absolute atomic E-state index is 1.10. The largest absolute Gasteiger partial charge is 0.310 e. The molecule has 0 unspecified atom stereocenters. The topological polar surface area (TPSA) is 6.48 Å². The molecule has 0 aromatic heterocycles. The van der Waals surface area contributed by atoms with Gasteiger partial charge in [0.1, 0.15) is 0 Å². The summed E-state index contributed by atoms with van der Waals surface area (Å²) in [5, 5.41) is 7.34. The van der Waals surface area contributed by atoms with Crippen molar-refractivity contribution < 1.29 is 0 Å². The van der Waals surface area contributed by atoms with Crippen LogP contribution in [0.2, 0.25) is 0 Å². The number of aryl methyl sites for hydroxylation is 4. The zero-order chi connectivity index (χ0) is 47.3. The van der Waals surface area contributed by atoms with Crippen LogP contribution in [0.4, 0.5) is 34.1 Å². The van der Waals surface area contributed by atoms with E-state index in [1.165, 1.54) is 99.1 Å². The highest BCUT2D eigenvalue weighted by Gasteiger charge is 2.23. The van der Waals surface area contributed by atoms with Crippen LogP contribution < -0.4 is 9.80 Å². The summed E-state index contributed by atoms with van der Waals surface area (Å²) in [6, 6.07) is 90.0. The number of nitrogens with zero attached hydrogens (tertiary/aromatic N) is 2. The maximum Gasteiger partial charge on any atom is 0.0540 e. The van der Waals surface area contributed by atoms with Gasteiger partial charge >= 0.3 is 0 Å². The first-order chi connectivity index (χ1) is 34.3. The van der Waals surface area contributed by atoms with E-state index < -0.39 is 0 Å². The second-order valence-electron chi connectivity index (χ2n) is 18.9. The average Bonchev–Trinajstić information content (AvgIpc) is 3.40. The Kier molecular flexibility index (Phi) is 10.8. The maximum atomic E-state index is 2.47. The van der Waals surface area contributed by atoms with Crippen molar-refractivity contribution in [1.29, 1.82) is 0 Å². The smallest absolute Gasteiger partial charge is 0.0540 e. The number of benzene rings is 12. The summed E-state index contributed by atoms with van der Waals surface area (Å²) in [5.41, 5.74) is 21.1. The third-order valence-electron chi connectivity index (χ3n) is 14.0. The molecule has 12 rings (SSSR count). The van der Waals surface area contributed by atoms with Crippen LogP contribution >= 0.6 is 0 Å². The molecule has 0 N–H and O–H groups in total. The van der Waals surface area contributed by atoms with Gasteiger partial charge in [0.15, 0.2) is 0 Å². The molecule has 0 radical (unpaired) electrons. The molecule has 0 spiro atoms. The van der Waals surface area contributed by atoms with E-state index in [-0.39, 0.29) is 0 Å². The highest BCUT2D eigenvalue weighted by atomic mass is 15.1. The molecule has 0 saturated heterocycles. The summed E-state index contributed by atoms with van der Waals surface area (Å²) in [6.07, 6.45) is 0. The molecule has 0 amide bonds. The van der Waals surface area contributed by atoms with Crippen LogP contribution in [0.3, 0.4) is 0 Å². The molecule has 0 aliphatic heterocycles. The quantitative estimate of drug-likeness (QED) is 0.126. The van der Waals surface area contributed by atoms with E-state index in [2.05, 4.69) is 280 Å². The van der Waals surface area contributed by atoms with E-state index in [0.29, 0.717) is 0 Å². The van der Waals surface area contributed by atoms with Crippen LogP contribution in [0.25, 0.3) is 76.8 Å². The molecule has 334 valence electrons. The van der Waals surface area contributed by atoms with Crippen LogP contribution in [-0.4, -0.2) is 0 Å². The average molecular weight is 897 g/mol. The molecule has 12 aromatic rings. The number of anilines is 6. The third-order valence-corrected chi connectivity index (χ3v) is 14.0. The molecule has 0 saturated carbocycles. The Balaban J connectivity index is 1.10. The van der Waals surface area contributed by atoms with Gasteiger partial charge < -0.3 is 9.80 Å². The van der Waals surface area contributed by atoms with E-state index in [9.17, 15) is 0 Å². The molecule has 0 fully saturated rings. The van der Waals surface area contributed by atoms with Crippen molar-refractivity contribution in [3.05, 3.63) is 265 Å². The van der Waals surface area contributed by atoms with Crippen LogP contribution in [0, 0.1) is 27.7 Å². The Morgan fingerprint density at radius 2 is 0.529 bits per heavy atom. The van der Waals surface area contributed by atoms with Crippen LogP contribution in [0.1, 0.15) is 22.3 Å². The molecule has 0 bridgehead atoms. The maximum absolute atomic E-state index is 2.47. The van der Waals surface area contributed by atoms with E-state index >= 15 is 0 Å². The predicted octanol–water partition coefficient (Wildman–Crippen LogP) is 19.4. The molecule has 2 nitrogen and oxygen atoms in total. The lowest BCUT2D eigenvalue weighted by molar-refractivity contribution is 1.29. The number of hydrogen-bond acceptors (Lipinski definition) is 2. The van der Waals surface area contributed by atoms with E-state index in [1.807, 2.05) is 0 Å². The molecule has 70 heavy (non-hydrogen) atoms. The van der Waals surface area contributed by atoms with Gasteiger partial charge in [-0.3, -0.25) is 0 Å². The Morgan fingerprint density at radius 1 is 0.229 bits per heavy atom. The summed E-state index contributed by atoms with van der Waals surface area (Å²) in [6.45, 7) is 8.62. The molecule has 0 aliphatic rings. The lowest BCUT2D eigenvalue weighted by Gasteiger charge is -2.30. The minimum Gasteiger partial charge on any atom is -0.310 e. The molecular formula is C68H52N2. The van der Waals surface area contributed by atoms with Gasteiger partial charge in [0.2, 0.25) is 0 Å². The predicted molar refractivity (Wildman–Crippen MR) is 300 cm³/mol. The summed E-state index contributed by atoms with van der Waals surface area (Å²) < 4.78 is 0. The van der Waals surface area contributed by atoms with Crippen molar-refractivity contribution in [2.75, 3.05) is 9.80 Å². The summed E-state index contributed by atoms with van der Waals surface area (Å²) in [5.74, 6) is 0. The Hall–Kier alpha value is -8.72. The van der Waals surface area contributed by atoms with Gasteiger partial charge in [0, 0.05) is 33.5 Å². The van der Waals surface area contributed by atoms with Crippen LogP contribution in [0.15, 0.2) is 243 Å². The van der Waals surface area contributed by atoms with E-state index in [0.717, 1.165) is 34.1 Å². The van der Waals surface area contributed by atoms with Crippen molar-refractivity contribution in [1.82, 2.24) is 0 Å². The SMILES string of the molecule is Cc1ccc(-c2cc(-c3ccccc3)cc(N(c3ccc(C)cc3)c3ccc4ccc5c(N(c6ccc(C)cc6)c6cc(-c7ccccc7)cc(-c7ccc(C)cc7)c6)ccc6ccc3c4c65)c2)cc1. The lowest BCUT2D eigenvalue weighted by atomic mass is 9.91. The van der Waals surface area contributed by atoms with Gasteiger partial charge in [0.05, 0.1) is 11.4 Å². The molecule has 0 atom stereocenters. The molecule has 0 heterocycles. The fourth-order valence-corrected chi connectivity index (χ4v) is 10.3. The van der Waals surface area contributed by atoms with Gasteiger partial charge in [-0.15, -0.1) is 0 Å². The zero-order valence-electron chi connectivity index (χ0n) is 40.0. The molecule has 2 heteroatoms. The highest BCUT2D eigenvalue weighted by Crippen LogP contribution is 2.49. The summed E-state index contributed by atoms with van der Waals surface area (Å²) >= 11 is 0. The van der Waals surface area contributed by atoms with Crippen molar-refractivity contribution in [2.24, 2.45) is 0 Å². The standard InChI is InChI=1S/C68H52N2/c1-45-15-23-51(24-16-45)57-39-55(49-11-7-5-8-12-49)41-61(43-57)69(59-31-19-47(3)20-32-59)65-37-29-53-28-36-64-66(38-30-54-27-35-63(65)67(53)68(54)64)70(60-33-21-48(4)22-34-60)62-42-56(50-13-9-6-10-14-50)40-58(44-62)52-25-17-46(2)18-26-52/h5-44H,1-4H3. The van der Waals surface area contributed by atoms with E-state index in [4.69, 9.17) is 0 Å². The second kappa shape index (κ2) is 17.7. The molecule has 0 aliphatic carbocycles. The van der Waals surface area contributed by atoms with Crippen molar-refractivity contribution >= 4 is 66.4 Å².